The number of hydrogen-bond donors (Lipinski definition) is 5. The second-order valence-electron chi connectivity index (χ2n) is 18.9. The lowest BCUT2D eigenvalue weighted by atomic mass is 9.44. The van der Waals surface area contributed by atoms with Gasteiger partial charge in [0.05, 0.1) is 36.0 Å². The van der Waals surface area contributed by atoms with E-state index in [0.717, 1.165) is 13.8 Å². The Morgan fingerprint density at radius 2 is 1.41 bits per heavy atom. The molecule has 1 heterocycles. The lowest BCUT2D eigenvalue weighted by Crippen LogP contribution is -2.82. The molecular formula is C51H55NO18. The highest BCUT2D eigenvalue weighted by Gasteiger charge is 2.78. The minimum absolute atomic E-state index is 0.00370. The van der Waals surface area contributed by atoms with Crippen molar-refractivity contribution < 1.29 is 87.2 Å². The van der Waals surface area contributed by atoms with Gasteiger partial charge in [-0.05, 0) is 54.8 Å². The normalized spacial score (nSPS) is 29.9. The predicted molar refractivity (Wildman–Crippen MR) is 240 cm³/mol. The number of carboxylic acids is 1. The summed E-state index contributed by atoms with van der Waals surface area (Å²) < 4.78 is 36.1. The van der Waals surface area contributed by atoms with Crippen molar-refractivity contribution in [2.45, 2.75) is 121 Å². The van der Waals surface area contributed by atoms with Gasteiger partial charge < -0.3 is 54.2 Å². The molecule has 19 heteroatoms. The first-order valence-corrected chi connectivity index (χ1v) is 22.6. The number of aliphatic carboxylic acids is 1. The van der Waals surface area contributed by atoms with Crippen LogP contribution in [0, 0.1) is 16.7 Å². The van der Waals surface area contributed by atoms with E-state index in [-0.39, 0.29) is 40.9 Å². The molecule has 4 aliphatic rings. The number of ketones is 1. The molecule has 372 valence electrons. The average Bonchev–Trinajstić information content (AvgIpc) is 3.31. The number of aliphatic hydroxyl groups excluding tert-OH is 2. The standard InChI is InChI=1S/C51H55NO18/c1-26-33(67-47(63)40(68-36(57)22-32(55)45(60)61)38(29-16-10-7-11-17-29)52-44(59)30-18-12-8-13-19-30)24-51(64)43(69-46(62)31-20-14-9-15-21-31)41-49(6,34(56)23-35-50(41,25-65-35)70-28(3)54)42(58)39(66-27(2)53)37(26)48(51,4)5/h7-21,32-35,38-41,43,55-56,64H,22-25H2,1-6H3,(H,52,59)(H,60,61)/t32-,33-,34-,35+,38-,39+,40+,41-,43-,49+,50-,51+/m0/s1. The number of amides is 1. The Morgan fingerprint density at radius 1 is 0.829 bits per heavy atom. The van der Waals surface area contributed by atoms with Crippen molar-refractivity contribution in [2.75, 3.05) is 6.61 Å². The number of ether oxygens (including phenoxy) is 6. The topological polar surface area (TPSA) is 285 Å². The molecule has 2 bridgehead atoms. The van der Waals surface area contributed by atoms with Gasteiger partial charge in [-0.1, -0.05) is 80.6 Å². The fourth-order valence-corrected chi connectivity index (χ4v) is 10.7. The molecule has 19 nitrogen and oxygen atoms in total. The highest BCUT2D eigenvalue weighted by Crippen LogP contribution is 2.64. The maximum atomic E-state index is 15.7. The van der Waals surface area contributed by atoms with Crippen LogP contribution in [0.4, 0.5) is 0 Å². The second kappa shape index (κ2) is 19.5. The maximum absolute atomic E-state index is 15.7. The van der Waals surface area contributed by atoms with Gasteiger partial charge in [0.25, 0.3) is 5.91 Å². The quantitative estimate of drug-likeness (QED) is 0.0881. The number of benzene rings is 3. The zero-order chi connectivity index (χ0) is 51.1. The van der Waals surface area contributed by atoms with Crippen LogP contribution < -0.4 is 5.32 Å². The van der Waals surface area contributed by atoms with Crippen LogP contribution in [0.2, 0.25) is 0 Å². The summed E-state index contributed by atoms with van der Waals surface area (Å²) in [5.41, 5.74) is -8.08. The van der Waals surface area contributed by atoms with Crippen molar-refractivity contribution in [3.63, 3.8) is 0 Å². The molecule has 0 aromatic heterocycles. The number of aliphatic hydroxyl groups is 3. The van der Waals surface area contributed by atoms with Crippen LogP contribution in [-0.2, 0) is 57.2 Å². The van der Waals surface area contributed by atoms with Crippen LogP contribution in [0.1, 0.15) is 93.1 Å². The van der Waals surface area contributed by atoms with Crippen LogP contribution in [0.15, 0.2) is 102 Å². The van der Waals surface area contributed by atoms with Crippen LogP contribution >= 0.6 is 0 Å². The van der Waals surface area contributed by atoms with Crippen molar-refractivity contribution >= 4 is 47.5 Å². The molecule has 1 saturated heterocycles. The summed E-state index contributed by atoms with van der Waals surface area (Å²) in [6.45, 7) is 7.54. The first-order chi connectivity index (χ1) is 33.0. The van der Waals surface area contributed by atoms with Crippen LogP contribution in [0.3, 0.4) is 0 Å². The summed E-state index contributed by atoms with van der Waals surface area (Å²) in [5.74, 6) is -10.7. The van der Waals surface area contributed by atoms with Gasteiger partial charge in [-0.2, -0.15) is 0 Å². The van der Waals surface area contributed by atoms with Gasteiger partial charge in [0.1, 0.15) is 30.0 Å². The molecule has 0 unspecified atom stereocenters. The number of hydrogen-bond acceptors (Lipinski definition) is 17. The van der Waals surface area contributed by atoms with Gasteiger partial charge in [-0.15, -0.1) is 0 Å². The zero-order valence-electron chi connectivity index (χ0n) is 39.2. The number of Topliss-reactive ketones (excluding diaryl/α,β-unsaturated/α-hetero) is 1. The molecule has 5 N–H and O–H groups in total. The summed E-state index contributed by atoms with van der Waals surface area (Å²) in [7, 11) is 0. The third-order valence-corrected chi connectivity index (χ3v) is 14.4. The minimum atomic E-state index is -2.54. The van der Waals surface area contributed by atoms with E-state index in [1.54, 1.807) is 54.6 Å². The molecule has 1 aliphatic heterocycles. The van der Waals surface area contributed by atoms with E-state index in [1.165, 1.54) is 64.1 Å². The number of carbonyl (C=O) groups excluding carboxylic acids is 7. The van der Waals surface area contributed by atoms with E-state index < -0.39 is 137 Å². The number of nitrogens with one attached hydrogen (secondary N) is 1. The Labute approximate surface area is 402 Å². The molecule has 3 aromatic carbocycles. The maximum Gasteiger partial charge on any atom is 0.350 e. The van der Waals surface area contributed by atoms with Crippen molar-refractivity contribution in [1.82, 2.24) is 5.32 Å². The smallest absolute Gasteiger partial charge is 0.350 e. The van der Waals surface area contributed by atoms with E-state index in [2.05, 4.69) is 5.32 Å². The van der Waals surface area contributed by atoms with Crippen molar-refractivity contribution in [3.05, 3.63) is 119 Å². The minimum Gasteiger partial charge on any atom is -0.479 e. The van der Waals surface area contributed by atoms with Gasteiger partial charge >= 0.3 is 35.8 Å². The van der Waals surface area contributed by atoms with E-state index in [9.17, 15) is 49.2 Å². The number of carbonyl (C=O) groups is 8. The highest BCUT2D eigenvalue weighted by atomic mass is 16.6. The first-order valence-electron chi connectivity index (χ1n) is 22.6. The third-order valence-electron chi connectivity index (χ3n) is 14.4. The SMILES string of the molecule is CC(=O)O[C@H]1C(=O)[C@@]2(C)[C@H]([C@H](OC(=O)c3ccccc3)[C@]3(O)C[C@H](OC(=O)[C@H](OC(=O)C[C@H](O)C(=O)O)[C@@H](NC(=O)c4ccccc4)c4ccccc4)C(C)=C1C3(C)C)[C@]1(OC(C)=O)CO[C@@H]1C[C@@H]2O. The summed E-state index contributed by atoms with van der Waals surface area (Å²) >= 11 is 0. The van der Waals surface area contributed by atoms with Gasteiger partial charge in [0.15, 0.2) is 23.6 Å². The second-order valence-corrected chi connectivity index (χ2v) is 18.9. The molecule has 0 radical (unpaired) electrons. The van der Waals surface area contributed by atoms with Gasteiger partial charge in [-0.3, -0.25) is 24.0 Å². The Kier molecular flexibility index (Phi) is 14.3. The molecule has 12 atom stereocenters. The number of rotatable bonds is 14. The Morgan fingerprint density at radius 3 is 1.96 bits per heavy atom. The fraction of sp³-hybridized carbons (Fsp3) is 0.451. The molecule has 3 fully saturated rings. The Bertz CT molecular complexity index is 2580. The highest BCUT2D eigenvalue weighted by molar-refractivity contribution is 5.96. The largest absolute Gasteiger partial charge is 0.479 e. The van der Waals surface area contributed by atoms with E-state index in [1.807, 2.05) is 0 Å². The molecule has 7 rings (SSSR count). The molecule has 70 heavy (non-hydrogen) atoms. The van der Waals surface area contributed by atoms with Crippen LogP contribution in [0.25, 0.3) is 0 Å². The lowest BCUT2D eigenvalue weighted by molar-refractivity contribution is -0.346. The Hall–Kier alpha value is -6.80. The van der Waals surface area contributed by atoms with Gasteiger partial charge in [0, 0.05) is 37.7 Å². The summed E-state index contributed by atoms with van der Waals surface area (Å²) in [6, 6.07) is 21.6. The molecular weight excluding hydrogens is 915 g/mol. The van der Waals surface area contributed by atoms with Crippen LogP contribution in [0.5, 0.6) is 0 Å². The average molecular weight is 970 g/mol. The van der Waals surface area contributed by atoms with E-state index in [0.29, 0.717) is 0 Å². The van der Waals surface area contributed by atoms with Crippen LogP contribution in [-0.4, -0.2) is 128 Å². The van der Waals surface area contributed by atoms with Crippen molar-refractivity contribution in [1.29, 1.82) is 0 Å². The molecule has 3 aromatic rings. The van der Waals surface area contributed by atoms with E-state index in [4.69, 9.17) is 28.4 Å². The lowest BCUT2D eigenvalue weighted by Gasteiger charge is -2.67. The summed E-state index contributed by atoms with van der Waals surface area (Å²) in [5, 5.41) is 48.3. The molecule has 0 spiro atoms. The number of carboxylic acid groups (broad SMARTS) is 1. The predicted octanol–water partition coefficient (Wildman–Crippen LogP) is 3.12. The summed E-state index contributed by atoms with van der Waals surface area (Å²) in [4.78, 5) is 110. The monoisotopic (exact) mass is 969 g/mol. The van der Waals surface area contributed by atoms with Gasteiger partial charge in [0.2, 0.25) is 6.10 Å². The van der Waals surface area contributed by atoms with Gasteiger partial charge in [-0.25, -0.2) is 14.4 Å². The van der Waals surface area contributed by atoms with Crippen molar-refractivity contribution in [3.8, 4) is 0 Å². The van der Waals surface area contributed by atoms with E-state index >= 15 is 9.59 Å². The zero-order valence-corrected chi connectivity index (χ0v) is 39.2. The Balaban J connectivity index is 1.42. The first kappa shape index (κ1) is 51.1. The molecule has 1 amide bonds. The number of esters is 5. The third kappa shape index (κ3) is 9.09. The van der Waals surface area contributed by atoms with Crippen molar-refractivity contribution in [2.24, 2.45) is 16.7 Å². The number of fused-ring (bicyclic) bond motifs is 5. The molecule has 2 saturated carbocycles. The summed E-state index contributed by atoms with van der Waals surface area (Å²) in [6.07, 6.45) is -14.8. The molecule has 3 aliphatic carbocycles. The fourth-order valence-electron chi connectivity index (χ4n) is 10.7.